The van der Waals surface area contributed by atoms with Gasteiger partial charge in [-0.3, -0.25) is 4.79 Å². The molecule has 0 aromatic rings. The molecule has 2 aliphatic heterocycles. The number of hydrogen-bond donors (Lipinski definition) is 2. The largest absolute Gasteiger partial charge is 0.313 e. The molecule has 2 atom stereocenters. The summed E-state index contributed by atoms with van der Waals surface area (Å²) in [6.07, 6.45) is 0.897. The van der Waals surface area contributed by atoms with Crippen LogP contribution in [0.2, 0.25) is 0 Å². The Bertz CT molecular complexity index is 224. The first-order valence-electron chi connectivity index (χ1n) is 3.89. The average molecular weight is 153 g/mol. The molecule has 1 fully saturated rings. The number of nitrogens with one attached hydrogen (secondary N) is 2. The fourth-order valence-electron chi connectivity index (χ4n) is 1.69. The van der Waals surface area contributed by atoms with Crippen LogP contribution in [0.25, 0.3) is 0 Å². The highest BCUT2D eigenvalue weighted by molar-refractivity contribution is 6.09. The number of hydrazone groups is 1. The molecule has 2 heterocycles. The Labute approximate surface area is 65.0 Å². The molecule has 0 aromatic carbocycles. The summed E-state index contributed by atoms with van der Waals surface area (Å²) in [6.45, 7) is 2.95. The number of piperidine rings is 1. The van der Waals surface area contributed by atoms with Crippen molar-refractivity contribution in [3.8, 4) is 0 Å². The quantitative estimate of drug-likeness (QED) is 0.491. The Morgan fingerprint density at radius 2 is 2.45 bits per heavy atom. The lowest BCUT2D eigenvalue weighted by Crippen LogP contribution is -2.46. The number of rotatable bonds is 0. The Morgan fingerprint density at radius 1 is 1.64 bits per heavy atom. The van der Waals surface area contributed by atoms with Gasteiger partial charge in [-0.15, -0.1) is 0 Å². The predicted molar refractivity (Wildman–Crippen MR) is 41.1 cm³/mol. The van der Waals surface area contributed by atoms with Crippen LogP contribution in [0.3, 0.4) is 0 Å². The standard InChI is InChI=1S/C7H11N3O/c1-4-6-5(2-3-8-4)9-10-7(6)11/h4,6,8H,2-3H2,1H3,(H,10,11). The number of nitrogens with zero attached hydrogens (tertiary/aromatic N) is 1. The van der Waals surface area contributed by atoms with Crippen LogP contribution in [-0.2, 0) is 4.79 Å². The number of fused-ring (bicyclic) bond motifs is 1. The molecule has 0 radical (unpaired) electrons. The SMILES string of the molecule is CC1NCCC2=NNC(=O)C21. The number of carbonyl (C=O) groups excluding carboxylic acids is 1. The van der Waals surface area contributed by atoms with Gasteiger partial charge >= 0.3 is 0 Å². The molecule has 60 valence electrons. The van der Waals surface area contributed by atoms with Gasteiger partial charge in [0.15, 0.2) is 0 Å². The zero-order chi connectivity index (χ0) is 7.84. The third-order valence-corrected chi connectivity index (χ3v) is 2.30. The topological polar surface area (TPSA) is 53.5 Å². The van der Waals surface area contributed by atoms with Gasteiger partial charge in [0, 0.05) is 19.0 Å². The second-order valence-electron chi connectivity index (χ2n) is 3.05. The lowest BCUT2D eigenvalue weighted by molar-refractivity contribution is -0.122. The van der Waals surface area contributed by atoms with Crippen molar-refractivity contribution in [2.75, 3.05) is 6.54 Å². The maximum absolute atomic E-state index is 11.2. The summed E-state index contributed by atoms with van der Waals surface area (Å²) in [5.74, 6) is 0.0310. The van der Waals surface area contributed by atoms with Crippen LogP contribution in [0.5, 0.6) is 0 Å². The van der Waals surface area contributed by atoms with Crippen molar-refractivity contribution in [1.29, 1.82) is 0 Å². The Hall–Kier alpha value is -0.900. The molecule has 0 aromatic heterocycles. The molecule has 4 heteroatoms. The molecular formula is C7H11N3O. The normalized spacial score (nSPS) is 36.1. The first kappa shape index (κ1) is 6.79. The second-order valence-corrected chi connectivity index (χ2v) is 3.05. The fraction of sp³-hybridized carbons (Fsp3) is 0.714. The van der Waals surface area contributed by atoms with Gasteiger partial charge in [-0.05, 0) is 6.92 Å². The molecule has 0 spiro atoms. The van der Waals surface area contributed by atoms with Gasteiger partial charge in [-0.1, -0.05) is 0 Å². The van der Waals surface area contributed by atoms with E-state index in [2.05, 4.69) is 15.8 Å². The van der Waals surface area contributed by atoms with Crippen LogP contribution >= 0.6 is 0 Å². The van der Waals surface area contributed by atoms with E-state index >= 15 is 0 Å². The molecule has 0 bridgehead atoms. The van der Waals surface area contributed by atoms with Crippen molar-refractivity contribution in [3.63, 3.8) is 0 Å². The monoisotopic (exact) mass is 153 g/mol. The summed E-state index contributed by atoms with van der Waals surface area (Å²) in [7, 11) is 0. The smallest absolute Gasteiger partial charge is 0.250 e. The van der Waals surface area contributed by atoms with Crippen LogP contribution in [0.4, 0.5) is 0 Å². The van der Waals surface area contributed by atoms with Crippen LogP contribution in [0.1, 0.15) is 13.3 Å². The molecule has 2 unspecified atom stereocenters. The average Bonchev–Trinajstić information content (AvgIpc) is 2.34. The third-order valence-electron chi connectivity index (χ3n) is 2.30. The fourth-order valence-corrected chi connectivity index (χ4v) is 1.69. The Morgan fingerprint density at radius 3 is 3.18 bits per heavy atom. The van der Waals surface area contributed by atoms with Gasteiger partial charge in [0.2, 0.25) is 0 Å². The first-order chi connectivity index (χ1) is 5.29. The Balaban J connectivity index is 2.23. The highest BCUT2D eigenvalue weighted by atomic mass is 16.2. The van der Waals surface area contributed by atoms with Crippen LogP contribution in [0.15, 0.2) is 5.10 Å². The van der Waals surface area contributed by atoms with E-state index in [0.29, 0.717) is 0 Å². The predicted octanol–water partition coefficient (Wildman–Crippen LogP) is -0.530. The first-order valence-corrected chi connectivity index (χ1v) is 3.89. The minimum absolute atomic E-state index is 0.0104. The highest BCUT2D eigenvalue weighted by Gasteiger charge is 2.36. The maximum atomic E-state index is 11.2. The van der Waals surface area contributed by atoms with Crippen LogP contribution in [0, 0.1) is 5.92 Å². The van der Waals surface area contributed by atoms with Crippen LogP contribution < -0.4 is 10.7 Å². The van der Waals surface area contributed by atoms with E-state index in [4.69, 9.17) is 0 Å². The van der Waals surface area contributed by atoms with Crippen molar-refractivity contribution in [2.45, 2.75) is 19.4 Å². The zero-order valence-electron chi connectivity index (χ0n) is 6.42. The van der Waals surface area contributed by atoms with Gasteiger partial charge < -0.3 is 5.32 Å². The molecule has 11 heavy (non-hydrogen) atoms. The third kappa shape index (κ3) is 0.939. The van der Waals surface area contributed by atoms with E-state index < -0.39 is 0 Å². The van der Waals surface area contributed by atoms with Gasteiger partial charge in [0.05, 0.1) is 11.6 Å². The van der Waals surface area contributed by atoms with Crippen LogP contribution in [-0.4, -0.2) is 24.2 Å². The number of hydrogen-bond acceptors (Lipinski definition) is 3. The highest BCUT2D eigenvalue weighted by Crippen LogP contribution is 2.17. The molecule has 0 saturated carbocycles. The summed E-state index contributed by atoms with van der Waals surface area (Å²) in [5, 5.41) is 7.21. The summed E-state index contributed by atoms with van der Waals surface area (Å²) >= 11 is 0. The molecule has 1 saturated heterocycles. The molecule has 2 aliphatic rings. The molecule has 0 aliphatic carbocycles. The summed E-state index contributed by atoms with van der Waals surface area (Å²) in [5.41, 5.74) is 3.52. The van der Waals surface area contributed by atoms with E-state index in [9.17, 15) is 4.79 Å². The summed E-state index contributed by atoms with van der Waals surface area (Å²) in [6, 6.07) is 0.241. The molecule has 4 nitrogen and oxygen atoms in total. The summed E-state index contributed by atoms with van der Waals surface area (Å²) in [4.78, 5) is 11.2. The number of carbonyl (C=O) groups is 1. The Kier molecular flexibility index (Phi) is 1.42. The summed E-state index contributed by atoms with van der Waals surface area (Å²) < 4.78 is 0. The van der Waals surface area contributed by atoms with Gasteiger partial charge in [0.25, 0.3) is 5.91 Å². The molecular weight excluding hydrogens is 142 g/mol. The van der Waals surface area contributed by atoms with Crippen molar-refractivity contribution in [2.24, 2.45) is 11.0 Å². The van der Waals surface area contributed by atoms with Gasteiger partial charge in [0.1, 0.15) is 0 Å². The van der Waals surface area contributed by atoms with Crippen molar-refractivity contribution < 1.29 is 4.79 Å². The van der Waals surface area contributed by atoms with E-state index in [1.807, 2.05) is 6.92 Å². The van der Waals surface area contributed by atoms with E-state index in [1.165, 1.54) is 0 Å². The molecule has 1 amide bonds. The second kappa shape index (κ2) is 2.30. The van der Waals surface area contributed by atoms with Crippen molar-refractivity contribution in [3.05, 3.63) is 0 Å². The van der Waals surface area contributed by atoms with E-state index in [0.717, 1.165) is 18.7 Å². The van der Waals surface area contributed by atoms with Gasteiger partial charge in [-0.2, -0.15) is 5.10 Å². The molecule has 2 N–H and O–H groups in total. The lowest BCUT2D eigenvalue weighted by Gasteiger charge is -2.25. The number of amides is 1. The minimum atomic E-state index is -0.0104. The zero-order valence-corrected chi connectivity index (χ0v) is 6.42. The maximum Gasteiger partial charge on any atom is 0.250 e. The van der Waals surface area contributed by atoms with Crippen molar-refractivity contribution in [1.82, 2.24) is 10.7 Å². The minimum Gasteiger partial charge on any atom is -0.313 e. The lowest BCUT2D eigenvalue weighted by atomic mass is 9.90. The van der Waals surface area contributed by atoms with Crippen molar-refractivity contribution >= 4 is 11.6 Å². The van der Waals surface area contributed by atoms with E-state index in [-0.39, 0.29) is 17.9 Å². The molecule has 2 rings (SSSR count). The van der Waals surface area contributed by atoms with E-state index in [1.54, 1.807) is 0 Å². The van der Waals surface area contributed by atoms with Gasteiger partial charge in [-0.25, -0.2) is 5.43 Å².